The first-order valence-corrected chi connectivity index (χ1v) is 8.74. The average Bonchev–Trinajstić information content (AvgIpc) is 3.30. The number of imidazole rings is 1. The number of thiophene rings is 1. The van der Waals surface area contributed by atoms with Crippen molar-refractivity contribution in [1.82, 2.24) is 9.55 Å². The molecule has 2 aromatic heterocycles. The number of carbonyl (C=O) groups is 1. The third-order valence-electron chi connectivity index (χ3n) is 4.17. The number of benzene rings is 1. The monoisotopic (exact) mass is 355 g/mol. The van der Waals surface area contributed by atoms with Gasteiger partial charge in [-0.05, 0) is 23.6 Å². The molecule has 0 saturated heterocycles. The quantitative estimate of drug-likeness (QED) is 0.367. The van der Waals surface area contributed by atoms with Gasteiger partial charge in [0.25, 0.3) is 0 Å². The van der Waals surface area contributed by atoms with E-state index in [1.165, 1.54) is 11.3 Å². The lowest BCUT2D eigenvalue weighted by molar-refractivity contribution is -0.484. The number of hydrogen-bond donors (Lipinski definition) is 0. The predicted molar refractivity (Wildman–Crippen MR) is 96.0 cm³/mol. The van der Waals surface area contributed by atoms with Gasteiger partial charge in [0.2, 0.25) is 12.3 Å². The highest BCUT2D eigenvalue weighted by atomic mass is 32.1. The molecule has 128 valence electrons. The normalized spacial score (nSPS) is 13.3. The molecule has 6 nitrogen and oxygen atoms in total. The fourth-order valence-electron chi connectivity index (χ4n) is 2.83. The van der Waals surface area contributed by atoms with E-state index >= 15 is 0 Å². The summed E-state index contributed by atoms with van der Waals surface area (Å²) in [5.41, 5.74) is 0.831. The minimum atomic E-state index is -0.547. The van der Waals surface area contributed by atoms with Crippen molar-refractivity contribution in [3.8, 4) is 5.69 Å². The van der Waals surface area contributed by atoms with Crippen LogP contribution in [0.25, 0.3) is 5.69 Å². The van der Waals surface area contributed by atoms with Crippen molar-refractivity contribution < 1.29 is 9.72 Å². The van der Waals surface area contributed by atoms with E-state index in [-0.39, 0.29) is 17.3 Å². The Bertz CT molecular complexity index is 859. The highest BCUT2D eigenvalue weighted by Crippen LogP contribution is 2.31. The fourth-order valence-corrected chi connectivity index (χ4v) is 3.75. The third-order valence-corrected chi connectivity index (χ3v) is 5.17. The zero-order chi connectivity index (χ0) is 17.8. The number of nitro groups is 1. The molecule has 0 radical (unpaired) electrons. The number of Topliss-reactive ketones (excluding diaryl/α,β-unsaturated/α-hetero) is 1. The van der Waals surface area contributed by atoms with E-state index in [1.807, 2.05) is 47.8 Å². The Kier molecular flexibility index (Phi) is 5.04. The molecule has 0 unspecified atom stereocenters. The molecule has 0 aliphatic rings. The second kappa shape index (κ2) is 7.40. The molecular formula is C18H17N3O3S. The Balaban J connectivity index is 1.92. The number of hydrogen-bond acceptors (Lipinski definition) is 5. The summed E-state index contributed by atoms with van der Waals surface area (Å²) in [5.74, 6) is -0.921. The van der Waals surface area contributed by atoms with Gasteiger partial charge in [0.15, 0.2) is 5.82 Å². The summed E-state index contributed by atoms with van der Waals surface area (Å²) in [7, 11) is 0. The molecule has 0 fully saturated rings. The maximum Gasteiger partial charge on any atom is 0.212 e. The second-order valence-corrected chi connectivity index (χ2v) is 6.73. The van der Waals surface area contributed by atoms with Crippen molar-refractivity contribution in [2.45, 2.75) is 12.8 Å². The van der Waals surface area contributed by atoms with E-state index in [9.17, 15) is 14.9 Å². The van der Waals surface area contributed by atoms with Crippen molar-refractivity contribution in [3.63, 3.8) is 0 Å². The highest BCUT2D eigenvalue weighted by molar-refractivity contribution is 7.10. The maximum atomic E-state index is 13.0. The van der Waals surface area contributed by atoms with E-state index in [0.717, 1.165) is 10.6 Å². The lowest BCUT2D eigenvalue weighted by Gasteiger charge is -2.18. The van der Waals surface area contributed by atoms with Gasteiger partial charge >= 0.3 is 0 Å². The van der Waals surface area contributed by atoms with Crippen LogP contribution in [0.5, 0.6) is 0 Å². The molecule has 0 spiro atoms. The molecule has 0 N–H and O–H groups in total. The lowest BCUT2D eigenvalue weighted by Crippen LogP contribution is -2.27. The third kappa shape index (κ3) is 3.66. The first-order valence-electron chi connectivity index (χ1n) is 7.86. The first kappa shape index (κ1) is 17.0. The van der Waals surface area contributed by atoms with Gasteiger partial charge in [0.1, 0.15) is 0 Å². The summed E-state index contributed by atoms with van der Waals surface area (Å²) in [5, 5.41) is 13.0. The summed E-state index contributed by atoms with van der Waals surface area (Å²) < 4.78 is 1.72. The Morgan fingerprint density at radius 2 is 2.04 bits per heavy atom. The van der Waals surface area contributed by atoms with Crippen LogP contribution < -0.4 is 0 Å². The van der Waals surface area contributed by atoms with Crippen molar-refractivity contribution in [2.24, 2.45) is 5.92 Å². The van der Waals surface area contributed by atoms with Crippen molar-refractivity contribution in [1.29, 1.82) is 0 Å². The SMILES string of the molecule is C[C@H](C(=O)c1nccn1-c1ccccc1)[C@@H](C[N+](=O)[O-])c1cccs1. The molecule has 0 saturated carbocycles. The summed E-state index contributed by atoms with van der Waals surface area (Å²) in [6, 6.07) is 13.1. The molecule has 0 amide bonds. The first-order chi connectivity index (χ1) is 12.1. The summed E-state index contributed by atoms with van der Waals surface area (Å²) >= 11 is 1.43. The molecule has 3 rings (SSSR count). The van der Waals surface area contributed by atoms with Crippen molar-refractivity contribution in [2.75, 3.05) is 6.54 Å². The number of aromatic nitrogens is 2. The number of nitrogens with zero attached hydrogens (tertiary/aromatic N) is 3. The van der Waals surface area contributed by atoms with E-state index in [0.29, 0.717) is 5.82 Å². The van der Waals surface area contributed by atoms with Crippen molar-refractivity contribution >= 4 is 17.1 Å². The second-order valence-electron chi connectivity index (χ2n) is 5.75. The number of rotatable bonds is 7. The minimum Gasteiger partial charge on any atom is -0.297 e. The minimum absolute atomic E-state index is 0.200. The Morgan fingerprint density at radius 1 is 1.28 bits per heavy atom. The molecule has 1 aromatic carbocycles. The smallest absolute Gasteiger partial charge is 0.212 e. The predicted octanol–water partition coefficient (Wildman–Crippen LogP) is 3.81. The number of para-hydroxylation sites is 1. The van der Waals surface area contributed by atoms with Crippen LogP contribution in [0.1, 0.15) is 28.3 Å². The van der Waals surface area contributed by atoms with E-state index < -0.39 is 11.8 Å². The number of carbonyl (C=O) groups excluding carboxylic acids is 1. The van der Waals surface area contributed by atoms with Crippen LogP contribution in [0.15, 0.2) is 60.2 Å². The van der Waals surface area contributed by atoms with E-state index in [4.69, 9.17) is 0 Å². The van der Waals surface area contributed by atoms with Gasteiger partial charge in [-0.3, -0.25) is 19.5 Å². The van der Waals surface area contributed by atoms with Gasteiger partial charge in [-0.25, -0.2) is 4.98 Å². The van der Waals surface area contributed by atoms with E-state index in [2.05, 4.69) is 4.98 Å². The Morgan fingerprint density at radius 3 is 2.68 bits per heavy atom. The van der Waals surface area contributed by atoms with Gasteiger partial charge in [-0.15, -0.1) is 11.3 Å². The molecule has 2 heterocycles. The van der Waals surface area contributed by atoms with Gasteiger partial charge in [0.05, 0.1) is 5.92 Å². The van der Waals surface area contributed by atoms with Crippen LogP contribution in [-0.2, 0) is 0 Å². The Labute approximate surface area is 148 Å². The largest absolute Gasteiger partial charge is 0.297 e. The van der Waals surface area contributed by atoms with Crippen LogP contribution >= 0.6 is 11.3 Å². The van der Waals surface area contributed by atoms with Crippen LogP contribution in [-0.4, -0.2) is 26.8 Å². The molecule has 3 aromatic rings. The van der Waals surface area contributed by atoms with Gasteiger partial charge < -0.3 is 0 Å². The summed E-state index contributed by atoms with van der Waals surface area (Å²) in [6.45, 7) is 1.46. The standard InChI is InChI=1S/C18H17N3O3S/c1-13(15(12-21(23)24)16-8-5-11-25-16)17(22)18-19-9-10-20(18)14-6-3-2-4-7-14/h2-11,13,15H,12H2,1H3/t13-,15+/m0/s1. The highest BCUT2D eigenvalue weighted by Gasteiger charge is 2.33. The fraction of sp³-hybridized carbons (Fsp3) is 0.222. The molecule has 0 aliphatic heterocycles. The number of ketones is 1. The van der Waals surface area contributed by atoms with E-state index in [1.54, 1.807) is 23.9 Å². The summed E-state index contributed by atoms with van der Waals surface area (Å²) in [4.78, 5) is 28.8. The zero-order valence-corrected chi connectivity index (χ0v) is 14.4. The summed E-state index contributed by atoms with van der Waals surface area (Å²) in [6.07, 6.45) is 3.30. The molecule has 0 bridgehead atoms. The molecule has 2 atom stereocenters. The lowest BCUT2D eigenvalue weighted by atomic mass is 9.88. The Hall–Kier alpha value is -2.80. The maximum absolute atomic E-state index is 13.0. The zero-order valence-electron chi connectivity index (χ0n) is 13.6. The van der Waals surface area contributed by atoms with Gasteiger partial charge in [-0.1, -0.05) is 31.2 Å². The van der Waals surface area contributed by atoms with Crippen LogP contribution in [0, 0.1) is 16.0 Å². The topological polar surface area (TPSA) is 78.0 Å². The van der Waals surface area contributed by atoms with Crippen molar-refractivity contribution in [3.05, 3.63) is 81.1 Å². The molecule has 25 heavy (non-hydrogen) atoms. The van der Waals surface area contributed by atoms with Crippen LogP contribution in [0.2, 0.25) is 0 Å². The molecule has 0 aliphatic carbocycles. The molecule has 7 heteroatoms. The van der Waals surface area contributed by atoms with Gasteiger partial charge in [-0.2, -0.15) is 0 Å². The van der Waals surface area contributed by atoms with Crippen LogP contribution in [0.3, 0.4) is 0 Å². The molecular weight excluding hydrogens is 338 g/mol. The van der Waals surface area contributed by atoms with Crippen LogP contribution in [0.4, 0.5) is 0 Å². The van der Waals surface area contributed by atoms with Gasteiger partial charge in [0, 0.05) is 33.8 Å². The average molecular weight is 355 g/mol.